The maximum absolute atomic E-state index is 11.7. The molecule has 1 heterocycles. The summed E-state index contributed by atoms with van der Waals surface area (Å²) in [6.07, 6.45) is 1.99. The molecule has 0 radical (unpaired) electrons. The van der Waals surface area contributed by atoms with Crippen molar-refractivity contribution in [2.24, 2.45) is 0 Å². The Morgan fingerprint density at radius 3 is 2.64 bits per heavy atom. The van der Waals surface area contributed by atoms with Crippen LogP contribution in [0.15, 0.2) is 24.3 Å². The van der Waals surface area contributed by atoms with Gasteiger partial charge in [-0.2, -0.15) is 0 Å². The van der Waals surface area contributed by atoms with Gasteiger partial charge in [0.25, 0.3) is 0 Å². The summed E-state index contributed by atoms with van der Waals surface area (Å²) in [4.78, 5) is 16.3. The highest BCUT2D eigenvalue weighted by molar-refractivity contribution is 6.30. The SMILES string of the molecule is CCCCOC(=O)CN1CCN(Cc2cccc(Cl)c2)CC1. The Kier molecular flexibility index (Phi) is 7.16. The number of halogens is 1. The van der Waals surface area contributed by atoms with Crippen molar-refractivity contribution in [3.63, 3.8) is 0 Å². The quantitative estimate of drug-likeness (QED) is 0.570. The number of nitrogens with zero attached hydrogens (tertiary/aromatic N) is 2. The molecule has 22 heavy (non-hydrogen) atoms. The lowest BCUT2D eigenvalue weighted by Gasteiger charge is -2.34. The molecule has 1 aromatic carbocycles. The molecule has 0 unspecified atom stereocenters. The van der Waals surface area contributed by atoms with Gasteiger partial charge in [-0.15, -0.1) is 0 Å². The van der Waals surface area contributed by atoms with Gasteiger partial charge in [0.1, 0.15) is 0 Å². The van der Waals surface area contributed by atoms with Gasteiger partial charge >= 0.3 is 5.97 Å². The number of piperazine rings is 1. The van der Waals surface area contributed by atoms with Crippen LogP contribution < -0.4 is 0 Å². The van der Waals surface area contributed by atoms with E-state index in [0.717, 1.165) is 50.6 Å². The van der Waals surface area contributed by atoms with Crippen LogP contribution in [0.1, 0.15) is 25.3 Å². The first-order valence-electron chi connectivity index (χ1n) is 8.02. The van der Waals surface area contributed by atoms with E-state index < -0.39 is 0 Å². The highest BCUT2D eigenvalue weighted by Gasteiger charge is 2.19. The van der Waals surface area contributed by atoms with Gasteiger partial charge in [0.15, 0.2) is 0 Å². The Balaban J connectivity index is 1.68. The summed E-state index contributed by atoms with van der Waals surface area (Å²) in [6.45, 7) is 7.71. The molecule has 0 amide bonds. The molecule has 1 saturated heterocycles. The first-order valence-corrected chi connectivity index (χ1v) is 8.40. The lowest BCUT2D eigenvalue weighted by molar-refractivity contribution is -0.145. The third kappa shape index (κ3) is 5.95. The second-order valence-electron chi connectivity index (χ2n) is 5.76. The van der Waals surface area contributed by atoms with Crippen LogP contribution in [0.3, 0.4) is 0 Å². The fourth-order valence-corrected chi connectivity index (χ4v) is 2.77. The van der Waals surface area contributed by atoms with Crippen molar-refractivity contribution in [3.05, 3.63) is 34.9 Å². The predicted molar refractivity (Wildman–Crippen MR) is 89.0 cm³/mol. The summed E-state index contributed by atoms with van der Waals surface area (Å²) >= 11 is 6.02. The molecule has 0 bridgehead atoms. The largest absolute Gasteiger partial charge is 0.465 e. The van der Waals surface area contributed by atoms with E-state index in [4.69, 9.17) is 16.3 Å². The predicted octanol–water partition coefficient (Wildman–Crippen LogP) is 2.80. The number of esters is 1. The Hall–Kier alpha value is -1.10. The van der Waals surface area contributed by atoms with Gasteiger partial charge < -0.3 is 4.74 Å². The van der Waals surface area contributed by atoms with Gasteiger partial charge in [0.05, 0.1) is 13.2 Å². The zero-order chi connectivity index (χ0) is 15.8. The molecular formula is C17H25ClN2O2. The smallest absolute Gasteiger partial charge is 0.320 e. The van der Waals surface area contributed by atoms with Crippen molar-refractivity contribution in [1.82, 2.24) is 9.80 Å². The second-order valence-corrected chi connectivity index (χ2v) is 6.19. The van der Waals surface area contributed by atoms with Crippen LogP contribution in [0.4, 0.5) is 0 Å². The number of carbonyl (C=O) groups excluding carboxylic acids is 1. The Bertz CT molecular complexity index is 473. The molecule has 1 aliphatic rings. The van der Waals surface area contributed by atoms with Crippen molar-refractivity contribution >= 4 is 17.6 Å². The Labute approximate surface area is 138 Å². The Morgan fingerprint density at radius 2 is 1.95 bits per heavy atom. The van der Waals surface area contributed by atoms with Crippen molar-refractivity contribution in [1.29, 1.82) is 0 Å². The number of ether oxygens (including phenoxy) is 1. The van der Waals surface area contributed by atoms with E-state index in [0.29, 0.717) is 13.2 Å². The first kappa shape index (κ1) is 17.3. The van der Waals surface area contributed by atoms with Gasteiger partial charge in [-0.3, -0.25) is 14.6 Å². The summed E-state index contributed by atoms with van der Waals surface area (Å²) in [7, 11) is 0. The number of carbonyl (C=O) groups is 1. The molecule has 1 aromatic rings. The normalized spacial score (nSPS) is 16.6. The van der Waals surface area contributed by atoms with Crippen molar-refractivity contribution in [2.45, 2.75) is 26.3 Å². The fraction of sp³-hybridized carbons (Fsp3) is 0.588. The second kappa shape index (κ2) is 9.13. The topological polar surface area (TPSA) is 32.8 Å². The van der Waals surface area contributed by atoms with E-state index in [1.807, 2.05) is 18.2 Å². The summed E-state index contributed by atoms with van der Waals surface area (Å²) in [6, 6.07) is 8.00. The molecule has 1 fully saturated rings. The van der Waals surface area contributed by atoms with Crippen LogP contribution in [0.5, 0.6) is 0 Å². The van der Waals surface area contributed by atoms with E-state index in [9.17, 15) is 4.79 Å². The van der Waals surface area contributed by atoms with Crippen molar-refractivity contribution < 1.29 is 9.53 Å². The molecule has 0 aliphatic carbocycles. The third-order valence-corrected chi connectivity index (χ3v) is 4.11. The van der Waals surface area contributed by atoms with Gasteiger partial charge in [-0.25, -0.2) is 0 Å². The summed E-state index contributed by atoms with van der Waals surface area (Å²) in [5.41, 5.74) is 1.24. The molecule has 1 aliphatic heterocycles. The molecule has 0 atom stereocenters. The molecular weight excluding hydrogens is 300 g/mol. The highest BCUT2D eigenvalue weighted by Crippen LogP contribution is 2.14. The zero-order valence-corrected chi connectivity index (χ0v) is 14.0. The van der Waals surface area contributed by atoms with Crippen molar-refractivity contribution in [2.75, 3.05) is 39.3 Å². The average Bonchev–Trinajstić information content (AvgIpc) is 2.50. The minimum Gasteiger partial charge on any atom is -0.465 e. The monoisotopic (exact) mass is 324 g/mol. The maximum Gasteiger partial charge on any atom is 0.320 e. The van der Waals surface area contributed by atoms with Crippen molar-refractivity contribution in [3.8, 4) is 0 Å². The molecule has 5 heteroatoms. The summed E-state index contributed by atoms with van der Waals surface area (Å²) < 4.78 is 5.21. The van der Waals surface area contributed by atoms with Gasteiger partial charge in [0, 0.05) is 37.7 Å². The summed E-state index contributed by atoms with van der Waals surface area (Å²) in [5, 5.41) is 0.783. The molecule has 0 spiro atoms. The van der Waals surface area contributed by atoms with E-state index in [1.54, 1.807) is 0 Å². The molecule has 2 rings (SSSR count). The number of benzene rings is 1. The average molecular weight is 325 g/mol. The van der Waals surface area contributed by atoms with E-state index in [-0.39, 0.29) is 5.97 Å². The minimum atomic E-state index is -0.100. The van der Waals surface area contributed by atoms with Gasteiger partial charge in [0.2, 0.25) is 0 Å². The van der Waals surface area contributed by atoms with Gasteiger partial charge in [-0.1, -0.05) is 37.1 Å². The van der Waals surface area contributed by atoms with Crippen LogP contribution in [-0.4, -0.2) is 55.1 Å². The maximum atomic E-state index is 11.7. The molecule has 0 aromatic heterocycles. The highest BCUT2D eigenvalue weighted by atomic mass is 35.5. The van der Waals surface area contributed by atoms with Crippen LogP contribution in [0, 0.1) is 0 Å². The minimum absolute atomic E-state index is 0.100. The molecule has 0 N–H and O–H groups in total. The van der Waals surface area contributed by atoms with E-state index in [2.05, 4.69) is 22.8 Å². The van der Waals surface area contributed by atoms with Crippen LogP contribution in [0.25, 0.3) is 0 Å². The Morgan fingerprint density at radius 1 is 1.23 bits per heavy atom. The van der Waals surface area contributed by atoms with Gasteiger partial charge in [-0.05, 0) is 24.1 Å². The number of hydrogen-bond donors (Lipinski definition) is 0. The lowest BCUT2D eigenvalue weighted by Crippen LogP contribution is -2.47. The summed E-state index contributed by atoms with van der Waals surface area (Å²) in [5.74, 6) is -0.100. The van der Waals surface area contributed by atoms with Crippen LogP contribution >= 0.6 is 11.6 Å². The number of hydrogen-bond acceptors (Lipinski definition) is 4. The molecule has 0 saturated carbocycles. The fourth-order valence-electron chi connectivity index (χ4n) is 2.56. The lowest BCUT2D eigenvalue weighted by atomic mass is 10.2. The zero-order valence-electron chi connectivity index (χ0n) is 13.3. The molecule has 4 nitrogen and oxygen atoms in total. The number of rotatable bonds is 7. The van der Waals surface area contributed by atoms with Crippen LogP contribution in [0.2, 0.25) is 5.02 Å². The standard InChI is InChI=1S/C17H25ClN2O2/c1-2-3-11-22-17(21)14-20-9-7-19(8-10-20)13-15-5-4-6-16(18)12-15/h4-6,12H,2-3,7-11,13-14H2,1H3. The van der Waals surface area contributed by atoms with E-state index >= 15 is 0 Å². The van der Waals surface area contributed by atoms with E-state index in [1.165, 1.54) is 5.56 Å². The molecule has 122 valence electrons. The first-order chi connectivity index (χ1) is 10.7. The third-order valence-electron chi connectivity index (χ3n) is 3.87. The van der Waals surface area contributed by atoms with Crippen LogP contribution in [-0.2, 0) is 16.1 Å². The number of unbranched alkanes of at least 4 members (excludes halogenated alkanes) is 1.